The molecule has 25 heavy (non-hydrogen) atoms. The molecule has 0 saturated heterocycles. The molecule has 5 nitrogen and oxygen atoms in total. The third kappa shape index (κ3) is 3.58. The van der Waals surface area contributed by atoms with Crippen molar-refractivity contribution >= 4 is 32.9 Å². The number of benzene rings is 2. The molecule has 0 bridgehead atoms. The quantitative estimate of drug-likeness (QED) is 0.701. The lowest BCUT2D eigenvalue weighted by Gasteiger charge is -2.10. The topological polar surface area (TPSA) is 68.2 Å². The number of hydrogen-bond acceptors (Lipinski definition) is 3. The van der Waals surface area contributed by atoms with Gasteiger partial charge in [0.15, 0.2) is 0 Å². The van der Waals surface area contributed by atoms with E-state index in [0.717, 1.165) is 34.6 Å². The summed E-state index contributed by atoms with van der Waals surface area (Å²) in [5, 5.41) is 1.01. The number of fused-ring (bicyclic) bond motifs is 1. The van der Waals surface area contributed by atoms with Crippen molar-refractivity contribution in [2.75, 3.05) is 11.0 Å². The third-order valence-electron chi connectivity index (χ3n) is 4.03. The minimum Gasteiger partial charge on any atom is -0.344 e. The first kappa shape index (κ1) is 17.2. The van der Waals surface area contributed by atoms with Crippen molar-refractivity contribution in [2.45, 2.75) is 19.9 Å². The molecule has 0 aliphatic rings. The molecule has 1 N–H and O–H groups in total. The molecule has 0 aliphatic carbocycles. The van der Waals surface area contributed by atoms with Gasteiger partial charge >= 0.3 is 0 Å². The summed E-state index contributed by atoms with van der Waals surface area (Å²) < 4.78 is 27.6. The summed E-state index contributed by atoms with van der Waals surface area (Å²) in [6.45, 7) is 4.14. The minimum atomic E-state index is -3.33. The Morgan fingerprint density at radius 2 is 1.88 bits per heavy atom. The molecule has 1 heterocycles. The molecule has 0 fully saturated rings. The van der Waals surface area contributed by atoms with Crippen LogP contribution in [-0.4, -0.2) is 25.5 Å². The van der Waals surface area contributed by atoms with Gasteiger partial charge < -0.3 is 4.57 Å². The molecule has 3 aromatic rings. The molecule has 0 amide bonds. The predicted octanol–water partition coefficient (Wildman–Crippen LogP) is 4.07. The second-order valence-electron chi connectivity index (χ2n) is 6.39. The first-order valence-electron chi connectivity index (χ1n) is 7.96. The molecule has 130 valence electrons. The Morgan fingerprint density at radius 1 is 1.12 bits per heavy atom. The van der Waals surface area contributed by atoms with Crippen LogP contribution in [0.25, 0.3) is 22.0 Å². The van der Waals surface area contributed by atoms with Crippen LogP contribution in [0.3, 0.4) is 0 Å². The summed E-state index contributed by atoms with van der Waals surface area (Å²) in [5.74, 6) is 0. The van der Waals surface area contributed by atoms with Gasteiger partial charge in [-0.3, -0.25) is 9.52 Å². The van der Waals surface area contributed by atoms with Gasteiger partial charge in [-0.2, -0.15) is 0 Å². The van der Waals surface area contributed by atoms with Crippen molar-refractivity contribution in [1.29, 1.82) is 0 Å². The summed E-state index contributed by atoms with van der Waals surface area (Å²) in [4.78, 5) is 11.1. The molecule has 0 atom stereocenters. The number of hydrogen-bond donors (Lipinski definition) is 1. The molecule has 0 spiro atoms. The molecular weight excluding hydrogens is 336 g/mol. The first-order valence-corrected chi connectivity index (χ1v) is 9.85. The fraction of sp³-hybridized carbons (Fsp3) is 0.211. The van der Waals surface area contributed by atoms with E-state index in [2.05, 4.69) is 23.1 Å². The maximum Gasteiger partial charge on any atom is 0.229 e. The number of aldehydes is 1. The van der Waals surface area contributed by atoms with E-state index in [0.29, 0.717) is 11.3 Å². The van der Waals surface area contributed by atoms with Gasteiger partial charge in [-0.1, -0.05) is 24.3 Å². The van der Waals surface area contributed by atoms with Gasteiger partial charge in [-0.25, -0.2) is 8.42 Å². The highest BCUT2D eigenvalue weighted by Gasteiger charge is 2.14. The SMILES string of the molecule is CC(C)n1cc(-c2cccc(C=O)c2)c2ccc(NS(C)(=O)=O)cc21. The van der Waals surface area contributed by atoms with Crippen molar-refractivity contribution in [1.82, 2.24) is 4.57 Å². The van der Waals surface area contributed by atoms with E-state index in [1.165, 1.54) is 0 Å². The lowest BCUT2D eigenvalue weighted by Crippen LogP contribution is -2.09. The Morgan fingerprint density at radius 3 is 2.52 bits per heavy atom. The van der Waals surface area contributed by atoms with Gasteiger partial charge in [0, 0.05) is 28.8 Å². The van der Waals surface area contributed by atoms with Crippen molar-refractivity contribution in [3.05, 3.63) is 54.2 Å². The normalized spacial score (nSPS) is 11.8. The zero-order chi connectivity index (χ0) is 18.2. The second-order valence-corrected chi connectivity index (χ2v) is 8.14. The first-order chi connectivity index (χ1) is 11.8. The number of rotatable bonds is 5. The standard InChI is InChI=1S/C19H20N2O3S/c1-13(2)21-11-18(15-6-4-5-14(9-15)12-22)17-8-7-16(10-19(17)21)20-25(3,23)24/h4-13,20H,1-3H3. The van der Waals surface area contributed by atoms with Crippen LogP contribution in [0.5, 0.6) is 0 Å². The number of aromatic nitrogens is 1. The van der Waals surface area contributed by atoms with Crippen molar-refractivity contribution < 1.29 is 13.2 Å². The molecule has 6 heteroatoms. The number of nitrogens with one attached hydrogen (secondary N) is 1. The molecule has 0 radical (unpaired) electrons. The van der Waals surface area contributed by atoms with Crippen LogP contribution in [0.4, 0.5) is 5.69 Å². The summed E-state index contributed by atoms with van der Waals surface area (Å²) in [6, 6.07) is 13.2. The number of carbonyl (C=O) groups excluding carboxylic acids is 1. The fourth-order valence-electron chi connectivity index (χ4n) is 2.97. The molecule has 2 aromatic carbocycles. The van der Waals surface area contributed by atoms with Crippen LogP contribution in [0, 0.1) is 0 Å². The Balaban J connectivity index is 2.22. The predicted molar refractivity (Wildman–Crippen MR) is 102 cm³/mol. The molecule has 1 aromatic heterocycles. The molecule has 0 aliphatic heterocycles. The number of sulfonamides is 1. The van der Waals surface area contributed by atoms with E-state index in [1.807, 2.05) is 36.5 Å². The smallest absolute Gasteiger partial charge is 0.229 e. The van der Waals surface area contributed by atoms with Gasteiger partial charge in [0.1, 0.15) is 6.29 Å². The van der Waals surface area contributed by atoms with Gasteiger partial charge in [0.25, 0.3) is 0 Å². The molecular formula is C19H20N2O3S. The van der Waals surface area contributed by atoms with E-state index < -0.39 is 10.0 Å². The van der Waals surface area contributed by atoms with E-state index in [-0.39, 0.29) is 6.04 Å². The van der Waals surface area contributed by atoms with E-state index in [9.17, 15) is 13.2 Å². The highest BCUT2D eigenvalue weighted by Crippen LogP contribution is 2.34. The minimum absolute atomic E-state index is 0.207. The number of nitrogens with zero attached hydrogens (tertiary/aromatic N) is 1. The van der Waals surface area contributed by atoms with E-state index in [4.69, 9.17) is 0 Å². The summed E-state index contributed by atoms with van der Waals surface area (Å²) in [7, 11) is -3.33. The summed E-state index contributed by atoms with van der Waals surface area (Å²) in [6.07, 6.45) is 4.01. The van der Waals surface area contributed by atoms with Crippen LogP contribution in [-0.2, 0) is 10.0 Å². The highest BCUT2D eigenvalue weighted by molar-refractivity contribution is 7.92. The Kier molecular flexibility index (Phi) is 4.39. The van der Waals surface area contributed by atoms with Crippen LogP contribution < -0.4 is 4.72 Å². The fourth-order valence-corrected chi connectivity index (χ4v) is 3.52. The zero-order valence-electron chi connectivity index (χ0n) is 14.4. The summed E-state index contributed by atoms with van der Waals surface area (Å²) >= 11 is 0. The van der Waals surface area contributed by atoms with Crippen LogP contribution in [0.15, 0.2) is 48.7 Å². The van der Waals surface area contributed by atoms with Crippen molar-refractivity contribution in [3.8, 4) is 11.1 Å². The molecule has 3 rings (SSSR count). The lowest BCUT2D eigenvalue weighted by atomic mass is 10.0. The zero-order valence-corrected chi connectivity index (χ0v) is 15.2. The van der Waals surface area contributed by atoms with Gasteiger partial charge in [-0.15, -0.1) is 0 Å². The molecule has 0 unspecified atom stereocenters. The Hall–Kier alpha value is -2.60. The average Bonchev–Trinajstić information content (AvgIpc) is 2.92. The van der Waals surface area contributed by atoms with Crippen LogP contribution in [0.1, 0.15) is 30.2 Å². The van der Waals surface area contributed by atoms with E-state index in [1.54, 1.807) is 12.1 Å². The number of anilines is 1. The largest absolute Gasteiger partial charge is 0.344 e. The van der Waals surface area contributed by atoms with Crippen LogP contribution in [0.2, 0.25) is 0 Å². The average molecular weight is 356 g/mol. The van der Waals surface area contributed by atoms with Crippen LogP contribution >= 0.6 is 0 Å². The Bertz CT molecular complexity index is 1050. The monoisotopic (exact) mass is 356 g/mol. The highest BCUT2D eigenvalue weighted by atomic mass is 32.2. The molecule has 0 saturated carbocycles. The lowest BCUT2D eigenvalue weighted by molar-refractivity contribution is 0.112. The van der Waals surface area contributed by atoms with Gasteiger partial charge in [-0.05, 0) is 37.6 Å². The third-order valence-corrected chi connectivity index (χ3v) is 4.63. The van der Waals surface area contributed by atoms with Crippen molar-refractivity contribution in [2.24, 2.45) is 0 Å². The maximum atomic E-state index is 11.5. The van der Waals surface area contributed by atoms with E-state index >= 15 is 0 Å². The number of carbonyl (C=O) groups is 1. The van der Waals surface area contributed by atoms with Gasteiger partial charge in [0.2, 0.25) is 10.0 Å². The maximum absolute atomic E-state index is 11.5. The second kappa shape index (κ2) is 6.37. The summed E-state index contributed by atoms with van der Waals surface area (Å²) in [5.41, 5.74) is 4.06. The Labute approximate surface area is 147 Å². The van der Waals surface area contributed by atoms with Crippen molar-refractivity contribution in [3.63, 3.8) is 0 Å². The van der Waals surface area contributed by atoms with Gasteiger partial charge in [0.05, 0.1) is 17.5 Å².